The van der Waals surface area contributed by atoms with E-state index in [1.54, 1.807) is 0 Å². The van der Waals surface area contributed by atoms with Gasteiger partial charge in [-0.2, -0.15) is 13.2 Å². The molecule has 0 unspecified atom stereocenters. The van der Waals surface area contributed by atoms with Gasteiger partial charge < -0.3 is 15.4 Å². The topological polar surface area (TPSA) is 50.4 Å². The number of carbonyl (C=O) groups is 1. The van der Waals surface area contributed by atoms with Gasteiger partial charge in [-0.25, -0.2) is 0 Å². The maximum absolute atomic E-state index is 12.2. The molecule has 0 aliphatic carbocycles. The maximum Gasteiger partial charge on any atom is 0.471 e. The summed E-state index contributed by atoms with van der Waals surface area (Å²) in [4.78, 5) is 10.9. The minimum absolute atomic E-state index is 0.229. The van der Waals surface area contributed by atoms with Gasteiger partial charge in [0.15, 0.2) is 0 Å². The van der Waals surface area contributed by atoms with Gasteiger partial charge in [-0.3, -0.25) is 4.79 Å². The summed E-state index contributed by atoms with van der Waals surface area (Å²) in [5.41, 5.74) is 0. The Balaban J connectivity index is 1.93. The van der Waals surface area contributed by atoms with Crippen LogP contribution < -0.4 is 10.6 Å². The quantitative estimate of drug-likeness (QED) is 0.778. The summed E-state index contributed by atoms with van der Waals surface area (Å²) in [7, 11) is 0. The van der Waals surface area contributed by atoms with Gasteiger partial charge in [0, 0.05) is 6.61 Å². The zero-order chi connectivity index (χ0) is 13.2. The van der Waals surface area contributed by atoms with Gasteiger partial charge in [-0.15, -0.1) is 0 Å². The molecule has 0 aromatic heterocycles. The molecular formula is C11H17F3N2O2. The highest BCUT2D eigenvalue weighted by Crippen LogP contribution is 2.28. The third-order valence-electron chi connectivity index (χ3n) is 3.56. The zero-order valence-corrected chi connectivity index (χ0v) is 9.93. The van der Waals surface area contributed by atoms with Crippen LogP contribution in [0.2, 0.25) is 0 Å². The number of amides is 1. The lowest BCUT2D eigenvalue weighted by atomic mass is 9.88. The van der Waals surface area contributed by atoms with Crippen molar-refractivity contribution in [2.45, 2.75) is 37.6 Å². The van der Waals surface area contributed by atoms with Crippen molar-refractivity contribution >= 4 is 5.91 Å². The number of alkyl halides is 3. The second-order valence-corrected chi connectivity index (χ2v) is 4.79. The van der Waals surface area contributed by atoms with Crippen LogP contribution in [0.15, 0.2) is 0 Å². The van der Waals surface area contributed by atoms with Gasteiger partial charge in [-0.1, -0.05) is 0 Å². The molecule has 2 aliphatic rings. The van der Waals surface area contributed by atoms with Crippen molar-refractivity contribution < 1.29 is 22.7 Å². The van der Waals surface area contributed by atoms with Crippen LogP contribution >= 0.6 is 0 Å². The first-order valence-corrected chi connectivity index (χ1v) is 6.18. The van der Waals surface area contributed by atoms with Crippen LogP contribution in [0.25, 0.3) is 0 Å². The lowest BCUT2D eigenvalue weighted by Crippen LogP contribution is -2.49. The second kappa shape index (κ2) is 5.44. The largest absolute Gasteiger partial charge is 0.471 e. The molecule has 2 atom stereocenters. The molecule has 7 heteroatoms. The molecule has 0 aromatic carbocycles. The van der Waals surface area contributed by atoms with Crippen molar-refractivity contribution in [1.82, 2.24) is 10.6 Å². The van der Waals surface area contributed by atoms with Crippen molar-refractivity contribution in [3.63, 3.8) is 0 Å². The Morgan fingerprint density at radius 3 is 2.50 bits per heavy atom. The molecule has 2 aliphatic heterocycles. The van der Waals surface area contributed by atoms with Crippen molar-refractivity contribution in [2.75, 3.05) is 19.7 Å². The van der Waals surface area contributed by atoms with Crippen LogP contribution in [0.1, 0.15) is 19.3 Å². The zero-order valence-electron chi connectivity index (χ0n) is 9.93. The molecule has 104 valence electrons. The smallest absolute Gasteiger partial charge is 0.376 e. The molecule has 2 saturated heterocycles. The van der Waals surface area contributed by atoms with E-state index in [0.29, 0.717) is 13.0 Å². The van der Waals surface area contributed by atoms with E-state index < -0.39 is 18.1 Å². The number of piperidine rings is 1. The fourth-order valence-corrected chi connectivity index (χ4v) is 2.65. The fourth-order valence-electron chi connectivity index (χ4n) is 2.65. The molecule has 0 radical (unpaired) electrons. The lowest BCUT2D eigenvalue weighted by Gasteiger charge is -2.31. The fraction of sp³-hybridized carbons (Fsp3) is 0.909. The predicted molar refractivity (Wildman–Crippen MR) is 57.9 cm³/mol. The molecule has 0 aromatic rings. The van der Waals surface area contributed by atoms with Gasteiger partial charge in [0.05, 0.1) is 12.1 Å². The molecule has 2 N–H and O–H groups in total. The first-order valence-electron chi connectivity index (χ1n) is 6.18. The molecule has 18 heavy (non-hydrogen) atoms. The van der Waals surface area contributed by atoms with E-state index in [4.69, 9.17) is 4.74 Å². The minimum atomic E-state index is -4.82. The van der Waals surface area contributed by atoms with Crippen LogP contribution in [0.3, 0.4) is 0 Å². The molecule has 0 saturated carbocycles. The SMILES string of the molecule is O=C(N[C@H]1CCO[C@@H]1C1CCNCC1)C(F)(F)F. The van der Waals surface area contributed by atoms with Crippen molar-refractivity contribution in [3.8, 4) is 0 Å². The Bertz CT molecular complexity index is 303. The summed E-state index contributed by atoms with van der Waals surface area (Å²) in [5, 5.41) is 5.25. The number of hydrogen-bond acceptors (Lipinski definition) is 3. The molecule has 2 fully saturated rings. The summed E-state index contributed by atoms with van der Waals surface area (Å²) >= 11 is 0. The molecule has 2 rings (SSSR count). The van der Waals surface area contributed by atoms with Gasteiger partial charge in [0.1, 0.15) is 0 Å². The van der Waals surface area contributed by atoms with Crippen LogP contribution in [0.4, 0.5) is 13.2 Å². The van der Waals surface area contributed by atoms with E-state index >= 15 is 0 Å². The van der Waals surface area contributed by atoms with Crippen molar-refractivity contribution in [1.29, 1.82) is 0 Å². The second-order valence-electron chi connectivity index (χ2n) is 4.79. The number of ether oxygens (including phenoxy) is 1. The Kier molecular flexibility index (Phi) is 4.11. The standard InChI is InChI=1S/C11H17F3N2O2/c12-11(13,14)10(17)16-8-3-6-18-9(8)7-1-4-15-5-2-7/h7-9,15H,1-6H2,(H,16,17)/t8-,9+/m0/s1. The molecule has 2 heterocycles. The van der Waals surface area contributed by atoms with Gasteiger partial charge in [-0.05, 0) is 38.3 Å². The summed E-state index contributed by atoms with van der Waals surface area (Å²) in [6, 6.07) is -0.512. The number of carbonyl (C=O) groups excluding carboxylic acids is 1. The van der Waals surface area contributed by atoms with Crippen molar-refractivity contribution in [2.24, 2.45) is 5.92 Å². The van der Waals surface area contributed by atoms with E-state index in [-0.39, 0.29) is 12.0 Å². The third-order valence-corrected chi connectivity index (χ3v) is 3.56. The molecule has 4 nitrogen and oxygen atoms in total. The van der Waals surface area contributed by atoms with E-state index in [1.165, 1.54) is 0 Å². The average molecular weight is 266 g/mol. The van der Waals surface area contributed by atoms with Crippen LogP contribution in [0, 0.1) is 5.92 Å². The van der Waals surface area contributed by atoms with E-state index in [9.17, 15) is 18.0 Å². The predicted octanol–water partition coefficient (Wildman–Crippen LogP) is 0.822. The summed E-state index contributed by atoms with van der Waals surface area (Å²) < 4.78 is 42.1. The van der Waals surface area contributed by atoms with Crippen molar-refractivity contribution in [3.05, 3.63) is 0 Å². The highest BCUT2D eigenvalue weighted by Gasteiger charge is 2.43. The normalized spacial score (nSPS) is 30.4. The maximum atomic E-state index is 12.2. The first-order chi connectivity index (χ1) is 8.48. The van der Waals surface area contributed by atoms with Crippen LogP contribution in [-0.4, -0.2) is 43.9 Å². The van der Waals surface area contributed by atoms with Gasteiger partial charge in [0.2, 0.25) is 0 Å². The molecule has 0 bridgehead atoms. The van der Waals surface area contributed by atoms with Gasteiger partial charge in [0.25, 0.3) is 0 Å². The third kappa shape index (κ3) is 3.14. The lowest BCUT2D eigenvalue weighted by molar-refractivity contribution is -0.174. The molecular weight excluding hydrogens is 249 g/mol. The van der Waals surface area contributed by atoms with E-state index in [0.717, 1.165) is 25.9 Å². The average Bonchev–Trinajstić information content (AvgIpc) is 2.77. The van der Waals surface area contributed by atoms with E-state index in [2.05, 4.69) is 10.6 Å². The Morgan fingerprint density at radius 2 is 1.89 bits per heavy atom. The summed E-state index contributed by atoms with van der Waals surface area (Å²) in [5.74, 6) is -1.63. The van der Waals surface area contributed by atoms with E-state index in [1.807, 2.05) is 0 Å². The highest BCUT2D eigenvalue weighted by molar-refractivity contribution is 5.82. The highest BCUT2D eigenvalue weighted by atomic mass is 19.4. The van der Waals surface area contributed by atoms with Gasteiger partial charge >= 0.3 is 12.1 Å². The number of halogens is 3. The monoisotopic (exact) mass is 266 g/mol. The minimum Gasteiger partial charge on any atom is -0.376 e. The molecule has 0 spiro atoms. The summed E-state index contributed by atoms with van der Waals surface area (Å²) in [6.07, 6.45) is -2.89. The summed E-state index contributed by atoms with van der Waals surface area (Å²) in [6.45, 7) is 2.12. The Hall–Kier alpha value is -0.820. The molecule has 1 amide bonds. The number of nitrogens with one attached hydrogen (secondary N) is 2. The van der Waals surface area contributed by atoms with Crippen LogP contribution in [0.5, 0.6) is 0 Å². The Labute approximate surface area is 103 Å². The number of hydrogen-bond donors (Lipinski definition) is 2. The van der Waals surface area contributed by atoms with Crippen LogP contribution in [-0.2, 0) is 9.53 Å². The Morgan fingerprint density at radius 1 is 1.22 bits per heavy atom. The first kappa shape index (κ1) is 13.6. The number of rotatable bonds is 2.